The third-order valence-corrected chi connectivity index (χ3v) is 11.3. The molecule has 0 aliphatic rings. The van der Waals surface area contributed by atoms with Gasteiger partial charge in [-0.25, -0.2) is 9.55 Å². The minimum atomic E-state index is 0.297. The van der Waals surface area contributed by atoms with Gasteiger partial charge in [-0.3, -0.25) is 0 Å². The molecule has 5 heteroatoms. The molecule has 4 heterocycles. The number of nitrogens with zero attached hydrogens (tertiary/aromatic N) is 3. The molecule has 9 rings (SSSR count). The van der Waals surface area contributed by atoms with Crippen LogP contribution in [0.4, 0.5) is 0 Å². The topological polar surface area (TPSA) is 34.8 Å². The Morgan fingerprint density at radius 3 is 2.14 bits per heavy atom. The van der Waals surface area contributed by atoms with E-state index in [1.807, 2.05) is 0 Å². The van der Waals surface area contributed by atoms with Gasteiger partial charge in [0.1, 0.15) is 11.3 Å². The van der Waals surface area contributed by atoms with Gasteiger partial charge in [-0.2, -0.15) is 4.57 Å². The molecule has 0 amide bonds. The van der Waals surface area contributed by atoms with Gasteiger partial charge in [0, 0.05) is 32.0 Å². The molecular formula is C44H38N3OS+. The molecule has 0 saturated heterocycles. The van der Waals surface area contributed by atoms with E-state index in [0.717, 1.165) is 38.8 Å². The molecule has 49 heavy (non-hydrogen) atoms. The van der Waals surface area contributed by atoms with Gasteiger partial charge in [-0.15, -0.1) is 11.3 Å². The maximum atomic E-state index is 6.89. The molecule has 4 nitrogen and oxygen atoms in total. The number of para-hydroxylation sites is 2. The van der Waals surface area contributed by atoms with Gasteiger partial charge in [-0.1, -0.05) is 100 Å². The van der Waals surface area contributed by atoms with Crippen molar-refractivity contribution < 1.29 is 8.98 Å². The Labute approximate surface area is 289 Å². The van der Waals surface area contributed by atoms with Crippen molar-refractivity contribution in [1.29, 1.82) is 0 Å². The number of benzene rings is 5. The molecule has 0 unspecified atom stereocenters. The summed E-state index contributed by atoms with van der Waals surface area (Å²) in [6, 6.07) is 39.6. The van der Waals surface area contributed by atoms with Gasteiger partial charge in [0.25, 0.3) is 5.82 Å². The molecule has 0 bridgehead atoms. The van der Waals surface area contributed by atoms with Crippen LogP contribution in [0.3, 0.4) is 0 Å². The summed E-state index contributed by atoms with van der Waals surface area (Å²) in [4.78, 5) is 5.16. The smallest absolute Gasteiger partial charge is 0.299 e. The predicted octanol–water partition coefficient (Wildman–Crippen LogP) is 12.0. The number of hydrogen-bond donors (Lipinski definition) is 0. The van der Waals surface area contributed by atoms with E-state index in [2.05, 4.69) is 160 Å². The number of hydrogen-bond acceptors (Lipinski definition) is 3. The highest BCUT2D eigenvalue weighted by Gasteiger charge is 2.34. The second kappa shape index (κ2) is 11.1. The number of aryl methyl sites for hydroxylation is 2. The van der Waals surface area contributed by atoms with E-state index >= 15 is 0 Å². The van der Waals surface area contributed by atoms with E-state index in [1.54, 1.807) is 11.3 Å². The van der Waals surface area contributed by atoms with Crippen LogP contribution in [0.1, 0.15) is 56.2 Å². The molecule has 0 aliphatic carbocycles. The summed E-state index contributed by atoms with van der Waals surface area (Å²) in [6.45, 7) is 11.5. The number of pyridine rings is 1. The van der Waals surface area contributed by atoms with Crippen LogP contribution in [-0.2, 0) is 7.05 Å². The monoisotopic (exact) mass is 656 g/mol. The predicted molar refractivity (Wildman–Crippen MR) is 206 cm³/mol. The van der Waals surface area contributed by atoms with Gasteiger partial charge in [0.05, 0.1) is 17.3 Å². The van der Waals surface area contributed by atoms with Gasteiger partial charge in [-0.05, 0) is 71.8 Å². The number of aromatic nitrogens is 3. The summed E-state index contributed by atoms with van der Waals surface area (Å²) in [7, 11) is 2.19. The molecular weight excluding hydrogens is 619 g/mol. The molecule has 0 atom stereocenters. The first-order valence-corrected chi connectivity index (χ1v) is 18.0. The first-order valence-electron chi connectivity index (χ1n) is 17.2. The second-order valence-corrected chi connectivity index (χ2v) is 15.0. The highest BCUT2D eigenvalue weighted by molar-refractivity contribution is 7.25. The lowest BCUT2D eigenvalue weighted by Crippen LogP contribution is -2.30. The van der Waals surface area contributed by atoms with E-state index in [9.17, 15) is 0 Å². The van der Waals surface area contributed by atoms with E-state index < -0.39 is 0 Å². The highest BCUT2D eigenvalue weighted by Crippen LogP contribution is 2.44. The normalized spacial score (nSPS) is 12.2. The van der Waals surface area contributed by atoms with Crippen LogP contribution in [0.15, 0.2) is 114 Å². The number of rotatable bonds is 5. The number of imidazole rings is 1. The standard InChI is InChI=1S/C44H38N3OS/c1-25(2)32-22-29(28-14-8-7-9-15-28)23-33(26(3)4)41(32)47-36-18-12-11-17-35(36)46(6)44(47)39-27(5)20-21-30-34-24-38-40(45-43(34)48-42(30)39)31-16-10-13-19-37(31)49-38/h7-26H,1-6H3/q+1. The van der Waals surface area contributed by atoms with Crippen molar-refractivity contribution >= 4 is 64.7 Å². The summed E-state index contributed by atoms with van der Waals surface area (Å²) in [5.41, 5.74) is 13.6. The van der Waals surface area contributed by atoms with E-state index in [0.29, 0.717) is 17.5 Å². The molecule has 0 aliphatic heterocycles. The van der Waals surface area contributed by atoms with Crippen molar-refractivity contribution in [3.8, 4) is 28.2 Å². The van der Waals surface area contributed by atoms with Crippen molar-refractivity contribution in [1.82, 2.24) is 9.55 Å². The van der Waals surface area contributed by atoms with Gasteiger partial charge < -0.3 is 4.42 Å². The SMILES string of the molecule is Cc1ccc2c(oc3nc4c(cc32)sc2ccccc24)c1-c1n(-c2c(C(C)C)cc(-c3ccccc3)cc2C(C)C)c2ccccc2[n+]1C. The van der Waals surface area contributed by atoms with Crippen LogP contribution < -0.4 is 4.57 Å². The lowest BCUT2D eigenvalue weighted by atomic mass is 9.88. The highest BCUT2D eigenvalue weighted by atomic mass is 32.1. The lowest BCUT2D eigenvalue weighted by Gasteiger charge is -2.21. The zero-order valence-corrected chi connectivity index (χ0v) is 29.5. The Bertz CT molecular complexity index is 2710. The van der Waals surface area contributed by atoms with Crippen molar-refractivity contribution in [2.75, 3.05) is 0 Å². The molecule has 0 radical (unpaired) electrons. The molecule has 240 valence electrons. The van der Waals surface area contributed by atoms with Crippen molar-refractivity contribution in [3.63, 3.8) is 0 Å². The van der Waals surface area contributed by atoms with Crippen LogP contribution in [0.25, 0.3) is 81.6 Å². The maximum Gasteiger partial charge on any atom is 0.299 e. The first kappa shape index (κ1) is 29.8. The van der Waals surface area contributed by atoms with E-state index in [4.69, 9.17) is 9.40 Å². The van der Waals surface area contributed by atoms with Crippen LogP contribution in [0, 0.1) is 6.92 Å². The number of thiophene rings is 1. The molecule has 0 spiro atoms. The van der Waals surface area contributed by atoms with Crippen LogP contribution in [-0.4, -0.2) is 9.55 Å². The fourth-order valence-electron chi connectivity index (χ4n) is 7.70. The molecule has 0 N–H and O–H groups in total. The Morgan fingerprint density at radius 1 is 0.694 bits per heavy atom. The minimum absolute atomic E-state index is 0.297. The maximum absolute atomic E-state index is 6.89. The quantitative estimate of drug-likeness (QED) is 0.173. The summed E-state index contributed by atoms with van der Waals surface area (Å²) in [6.07, 6.45) is 0. The average molecular weight is 657 g/mol. The fraction of sp³-hybridized carbons (Fsp3) is 0.182. The second-order valence-electron chi connectivity index (χ2n) is 13.9. The largest absolute Gasteiger partial charge is 0.437 e. The third kappa shape index (κ3) is 4.49. The molecule has 5 aromatic carbocycles. The van der Waals surface area contributed by atoms with Gasteiger partial charge >= 0.3 is 0 Å². The molecule has 9 aromatic rings. The van der Waals surface area contributed by atoms with E-state index in [1.165, 1.54) is 53.8 Å². The summed E-state index contributed by atoms with van der Waals surface area (Å²) in [5.74, 6) is 1.70. The third-order valence-electron chi connectivity index (χ3n) is 10.2. The Morgan fingerprint density at radius 2 is 1.39 bits per heavy atom. The van der Waals surface area contributed by atoms with Crippen molar-refractivity contribution in [2.45, 2.75) is 46.5 Å². The summed E-state index contributed by atoms with van der Waals surface area (Å²) >= 11 is 1.79. The number of furan rings is 1. The Balaban J connectivity index is 1.40. The van der Waals surface area contributed by atoms with Gasteiger partial charge in [0.15, 0.2) is 16.6 Å². The van der Waals surface area contributed by atoms with Crippen LogP contribution in [0.2, 0.25) is 0 Å². The van der Waals surface area contributed by atoms with Crippen molar-refractivity contribution in [3.05, 3.63) is 126 Å². The van der Waals surface area contributed by atoms with Crippen LogP contribution in [0.5, 0.6) is 0 Å². The van der Waals surface area contributed by atoms with Gasteiger partial charge in [0.2, 0.25) is 5.71 Å². The van der Waals surface area contributed by atoms with Crippen molar-refractivity contribution in [2.24, 2.45) is 7.05 Å². The number of fused-ring (bicyclic) bond motifs is 7. The minimum Gasteiger partial charge on any atom is -0.437 e. The summed E-state index contributed by atoms with van der Waals surface area (Å²) in [5, 5.41) is 3.32. The Hall–Kier alpha value is -5.26. The Kier molecular flexibility index (Phi) is 6.79. The average Bonchev–Trinajstić information content (AvgIpc) is 3.75. The zero-order valence-electron chi connectivity index (χ0n) is 28.7. The lowest BCUT2D eigenvalue weighted by molar-refractivity contribution is -0.633. The zero-order chi connectivity index (χ0) is 33.6. The van der Waals surface area contributed by atoms with Crippen LogP contribution >= 0.6 is 11.3 Å². The molecule has 0 fully saturated rings. The first-order chi connectivity index (χ1) is 23.8. The summed E-state index contributed by atoms with van der Waals surface area (Å²) < 4.78 is 14.2. The van der Waals surface area contributed by atoms with E-state index in [-0.39, 0.29) is 0 Å². The molecule has 4 aromatic heterocycles. The fourth-order valence-corrected chi connectivity index (χ4v) is 8.79. The molecule has 0 saturated carbocycles.